The van der Waals surface area contributed by atoms with Crippen LogP contribution in [0.4, 0.5) is 0 Å². The van der Waals surface area contributed by atoms with Crippen LogP contribution in [0.5, 0.6) is 0 Å². The van der Waals surface area contributed by atoms with Crippen molar-refractivity contribution in [2.45, 2.75) is 71.1 Å². The summed E-state index contributed by atoms with van der Waals surface area (Å²) in [7, 11) is 0. The molecule has 0 aliphatic heterocycles. The van der Waals surface area contributed by atoms with Gasteiger partial charge in [-0.1, -0.05) is 51.5 Å². The van der Waals surface area contributed by atoms with Gasteiger partial charge in [-0.2, -0.15) is 0 Å². The Morgan fingerprint density at radius 1 is 1.00 bits per heavy atom. The van der Waals surface area contributed by atoms with Crippen LogP contribution >= 0.6 is 0 Å². The van der Waals surface area contributed by atoms with E-state index in [1.54, 1.807) is 6.20 Å². The Morgan fingerprint density at radius 3 is 2.42 bits per heavy atom. The first kappa shape index (κ1) is 15.9. The number of aromatic nitrogens is 1. The molecule has 1 aromatic heterocycles. The molecule has 1 rings (SSSR count). The lowest BCUT2D eigenvalue weighted by Crippen LogP contribution is -2.01. The molecule has 2 heteroatoms. The van der Waals surface area contributed by atoms with Crippen molar-refractivity contribution in [3.05, 3.63) is 30.1 Å². The molecule has 0 atom stereocenters. The minimum absolute atomic E-state index is 0.388. The molecule has 19 heavy (non-hydrogen) atoms. The van der Waals surface area contributed by atoms with Crippen LogP contribution in [0.2, 0.25) is 0 Å². The van der Waals surface area contributed by atoms with Crippen molar-refractivity contribution in [3.8, 4) is 0 Å². The molecule has 0 aliphatic carbocycles. The number of ketones is 1. The Kier molecular flexibility index (Phi) is 8.95. The van der Waals surface area contributed by atoms with Gasteiger partial charge in [0.05, 0.1) is 0 Å². The lowest BCUT2D eigenvalue weighted by molar-refractivity contribution is -0.119. The van der Waals surface area contributed by atoms with Gasteiger partial charge >= 0.3 is 0 Å². The molecule has 0 unspecified atom stereocenters. The Balaban J connectivity index is 1.96. The second-order valence-corrected chi connectivity index (χ2v) is 5.23. The highest BCUT2D eigenvalue weighted by atomic mass is 16.1. The number of carbonyl (C=O) groups is 1. The zero-order valence-electron chi connectivity index (χ0n) is 12.2. The van der Waals surface area contributed by atoms with E-state index in [4.69, 9.17) is 0 Å². The van der Waals surface area contributed by atoms with E-state index in [1.165, 1.54) is 38.5 Å². The highest BCUT2D eigenvalue weighted by Gasteiger charge is 2.03. The molecule has 106 valence electrons. The van der Waals surface area contributed by atoms with Crippen molar-refractivity contribution in [2.75, 3.05) is 0 Å². The minimum Gasteiger partial charge on any atom is -0.300 e. The smallest absolute Gasteiger partial charge is 0.133 e. The topological polar surface area (TPSA) is 30.0 Å². The summed E-state index contributed by atoms with van der Waals surface area (Å²) in [6.07, 6.45) is 12.9. The molecule has 0 N–H and O–H groups in total. The molecule has 0 aliphatic rings. The van der Waals surface area contributed by atoms with Crippen LogP contribution in [0, 0.1) is 0 Å². The fourth-order valence-corrected chi connectivity index (χ4v) is 2.22. The molecule has 0 amide bonds. The maximum atomic E-state index is 11.7. The van der Waals surface area contributed by atoms with Crippen molar-refractivity contribution in [1.82, 2.24) is 4.98 Å². The molecule has 0 fully saturated rings. The highest BCUT2D eigenvalue weighted by Crippen LogP contribution is 2.10. The van der Waals surface area contributed by atoms with Crippen molar-refractivity contribution >= 4 is 5.78 Å². The molecule has 0 spiro atoms. The third-order valence-electron chi connectivity index (χ3n) is 3.45. The number of aryl methyl sites for hydroxylation is 1. The van der Waals surface area contributed by atoms with Crippen molar-refractivity contribution in [3.63, 3.8) is 0 Å². The van der Waals surface area contributed by atoms with Gasteiger partial charge in [0.15, 0.2) is 0 Å². The predicted octanol–water partition coefficient (Wildman–Crippen LogP) is 4.72. The van der Waals surface area contributed by atoms with E-state index in [0.29, 0.717) is 12.2 Å². The van der Waals surface area contributed by atoms with Gasteiger partial charge in [0.2, 0.25) is 0 Å². The van der Waals surface area contributed by atoms with Gasteiger partial charge in [-0.3, -0.25) is 9.78 Å². The first-order valence-electron chi connectivity index (χ1n) is 7.74. The Hall–Kier alpha value is -1.18. The van der Waals surface area contributed by atoms with Crippen LogP contribution in [-0.4, -0.2) is 10.8 Å². The van der Waals surface area contributed by atoms with Gasteiger partial charge in [0.25, 0.3) is 0 Å². The number of nitrogens with zero attached hydrogens (tertiary/aromatic N) is 1. The first-order chi connectivity index (χ1) is 9.33. The van der Waals surface area contributed by atoms with Crippen molar-refractivity contribution in [1.29, 1.82) is 0 Å². The number of Topliss-reactive ketones (excluding diaryl/α,β-unsaturated/α-hetero) is 1. The number of pyridine rings is 1. The zero-order valence-corrected chi connectivity index (χ0v) is 12.2. The number of rotatable bonds is 11. The van der Waals surface area contributed by atoms with Crippen LogP contribution in [-0.2, 0) is 11.2 Å². The van der Waals surface area contributed by atoms with E-state index < -0.39 is 0 Å². The third kappa shape index (κ3) is 8.52. The fraction of sp³-hybridized carbons (Fsp3) is 0.647. The van der Waals surface area contributed by atoms with Crippen LogP contribution < -0.4 is 0 Å². The molecule has 0 radical (unpaired) electrons. The summed E-state index contributed by atoms with van der Waals surface area (Å²) >= 11 is 0. The summed E-state index contributed by atoms with van der Waals surface area (Å²) < 4.78 is 0. The lowest BCUT2D eigenvalue weighted by Gasteiger charge is -2.02. The van der Waals surface area contributed by atoms with E-state index in [1.807, 2.05) is 18.2 Å². The summed E-state index contributed by atoms with van der Waals surface area (Å²) in [6.45, 7) is 2.24. The molecule has 1 heterocycles. The van der Waals surface area contributed by atoms with Gasteiger partial charge < -0.3 is 0 Å². The number of carbonyl (C=O) groups excluding carboxylic acids is 1. The molecular weight excluding hydrogens is 234 g/mol. The van der Waals surface area contributed by atoms with Crippen LogP contribution in [0.25, 0.3) is 0 Å². The van der Waals surface area contributed by atoms with Crippen molar-refractivity contribution in [2.24, 2.45) is 0 Å². The zero-order chi connectivity index (χ0) is 13.8. The van der Waals surface area contributed by atoms with Gasteiger partial charge in [-0.15, -0.1) is 0 Å². The van der Waals surface area contributed by atoms with E-state index in [-0.39, 0.29) is 0 Å². The molecular formula is C17H27NO. The van der Waals surface area contributed by atoms with E-state index in [2.05, 4.69) is 11.9 Å². The number of hydrogen-bond acceptors (Lipinski definition) is 2. The summed E-state index contributed by atoms with van der Waals surface area (Å²) in [5, 5.41) is 0. The summed E-state index contributed by atoms with van der Waals surface area (Å²) in [4.78, 5) is 16.0. The Morgan fingerprint density at radius 2 is 1.74 bits per heavy atom. The standard InChI is InChI=1S/C17H27NO/c1-2-3-4-5-6-7-8-12-17(19)14-13-16-11-9-10-15-18-16/h9-11,15H,2-8,12-14H2,1H3. The largest absolute Gasteiger partial charge is 0.300 e. The van der Waals surface area contributed by atoms with Crippen LogP contribution in [0.1, 0.15) is 70.4 Å². The predicted molar refractivity (Wildman–Crippen MR) is 80.2 cm³/mol. The molecule has 0 bridgehead atoms. The molecule has 0 saturated heterocycles. The van der Waals surface area contributed by atoms with Gasteiger partial charge in [0.1, 0.15) is 5.78 Å². The number of unbranched alkanes of at least 4 members (excludes halogenated alkanes) is 6. The minimum atomic E-state index is 0.388. The molecule has 0 saturated carbocycles. The SMILES string of the molecule is CCCCCCCCCC(=O)CCc1ccccn1. The van der Waals surface area contributed by atoms with E-state index in [0.717, 1.165) is 25.0 Å². The van der Waals surface area contributed by atoms with E-state index in [9.17, 15) is 4.79 Å². The van der Waals surface area contributed by atoms with Gasteiger partial charge in [0, 0.05) is 24.7 Å². The van der Waals surface area contributed by atoms with Gasteiger partial charge in [-0.25, -0.2) is 0 Å². The monoisotopic (exact) mass is 261 g/mol. The first-order valence-corrected chi connectivity index (χ1v) is 7.74. The maximum absolute atomic E-state index is 11.7. The average Bonchev–Trinajstić information content (AvgIpc) is 2.45. The third-order valence-corrected chi connectivity index (χ3v) is 3.45. The van der Waals surface area contributed by atoms with E-state index >= 15 is 0 Å². The highest BCUT2D eigenvalue weighted by molar-refractivity contribution is 5.78. The van der Waals surface area contributed by atoms with Gasteiger partial charge in [-0.05, 0) is 25.0 Å². The fourth-order valence-electron chi connectivity index (χ4n) is 2.22. The second kappa shape index (κ2) is 10.7. The summed E-state index contributed by atoms with van der Waals surface area (Å²) in [5.74, 6) is 0.388. The summed E-state index contributed by atoms with van der Waals surface area (Å²) in [5.41, 5.74) is 1.02. The molecule has 2 nitrogen and oxygen atoms in total. The Labute approximate surface area is 117 Å². The molecule has 1 aromatic rings. The average molecular weight is 261 g/mol. The summed E-state index contributed by atoms with van der Waals surface area (Å²) in [6, 6.07) is 5.87. The van der Waals surface area contributed by atoms with Crippen molar-refractivity contribution < 1.29 is 4.79 Å². The second-order valence-electron chi connectivity index (χ2n) is 5.23. The Bertz CT molecular complexity index is 334. The quantitative estimate of drug-likeness (QED) is 0.539. The normalized spacial score (nSPS) is 10.6. The maximum Gasteiger partial charge on any atom is 0.133 e. The lowest BCUT2D eigenvalue weighted by atomic mass is 10.0. The number of hydrogen-bond donors (Lipinski definition) is 0. The molecule has 0 aromatic carbocycles. The van der Waals surface area contributed by atoms with Crippen LogP contribution in [0.15, 0.2) is 24.4 Å². The van der Waals surface area contributed by atoms with Crippen LogP contribution in [0.3, 0.4) is 0 Å².